The number of unbranched alkanes of at least 4 members (excludes halogenated alkanes) is 1. The van der Waals surface area contributed by atoms with Crippen LogP contribution in [-0.4, -0.2) is 41.4 Å². The van der Waals surface area contributed by atoms with Crippen molar-refractivity contribution in [2.24, 2.45) is 11.8 Å². The zero-order chi connectivity index (χ0) is 18.9. The van der Waals surface area contributed by atoms with Crippen LogP contribution in [0.3, 0.4) is 0 Å². The highest BCUT2D eigenvalue weighted by molar-refractivity contribution is 7.99. The van der Waals surface area contributed by atoms with Crippen molar-refractivity contribution in [3.8, 4) is 5.75 Å². The van der Waals surface area contributed by atoms with Crippen LogP contribution in [0.4, 0.5) is 0 Å². The summed E-state index contributed by atoms with van der Waals surface area (Å²) >= 11 is 1.97. The number of hydrogen-bond donors (Lipinski definition) is 1. The molecule has 4 atom stereocenters. The van der Waals surface area contributed by atoms with Gasteiger partial charge in [0.05, 0.1) is 18.8 Å². The van der Waals surface area contributed by atoms with E-state index in [9.17, 15) is 4.79 Å². The lowest BCUT2D eigenvalue weighted by molar-refractivity contribution is -0.137. The zero-order valence-corrected chi connectivity index (χ0v) is 16.6. The molecule has 2 aliphatic heterocycles. The van der Waals surface area contributed by atoms with E-state index in [2.05, 4.69) is 12.2 Å². The Kier molecular flexibility index (Phi) is 8.09. The highest BCUT2D eigenvalue weighted by atomic mass is 32.2. The second-order valence-electron chi connectivity index (χ2n) is 7.35. The minimum atomic E-state index is -0.710. The molecule has 148 valence electrons. The van der Waals surface area contributed by atoms with E-state index >= 15 is 0 Å². The second-order valence-corrected chi connectivity index (χ2v) is 8.50. The van der Waals surface area contributed by atoms with E-state index in [1.165, 1.54) is 12.8 Å². The van der Waals surface area contributed by atoms with Crippen LogP contribution in [0.5, 0.6) is 5.75 Å². The fourth-order valence-electron chi connectivity index (χ4n) is 4.12. The first-order valence-corrected chi connectivity index (χ1v) is 11.2. The summed E-state index contributed by atoms with van der Waals surface area (Å²) in [6.07, 6.45) is 10.5. The van der Waals surface area contributed by atoms with E-state index in [1.807, 2.05) is 42.1 Å². The topological polar surface area (TPSA) is 55.8 Å². The molecule has 2 aliphatic rings. The molecule has 2 fully saturated rings. The van der Waals surface area contributed by atoms with Crippen molar-refractivity contribution in [3.63, 3.8) is 0 Å². The Bertz CT molecular complexity index is 604. The summed E-state index contributed by atoms with van der Waals surface area (Å²) in [5.41, 5.74) is 0. The summed E-state index contributed by atoms with van der Waals surface area (Å²) in [4.78, 5) is 10.5. The number of ether oxygens (including phenoxy) is 2. The number of carbonyl (C=O) groups is 1. The van der Waals surface area contributed by atoms with Crippen molar-refractivity contribution in [1.82, 2.24) is 0 Å². The van der Waals surface area contributed by atoms with Crippen LogP contribution in [-0.2, 0) is 9.53 Å². The lowest BCUT2D eigenvalue weighted by atomic mass is 9.78. The Morgan fingerprint density at radius 1 is 1.19 bits per heavy atom. The van der Waals surface area contributed by atoms with Crippen molar-refractivity contribution < 1.29 is 19.4 Å². The predicted octanol–water partition coefficient (Wildman–Crippen LogP) is 4.79. The van der Waals surface area contributed by atoms with Crippen molar-refractivity contribution in [1.29, 1.82) is 0 Å². The number of hydrogen-bond acceptors (Lipinski definition) is 4. The summed E-state index contributed by atoms with van der Waals surface area (Å²) < 4.78 is 12.0. The number of thioether (sulfide) groups is 1. The average Bonchev–Trinajstić information content (AvgIpc) is 3.27. The second kappa shape index (κ2) is 10.8. The van der Waals surface area contributed by atoms with Gasteiger partial charge in [-0.05, 0) is 61.8 Å². The van der Waals surface area contributed by atoms with Crippen LogP contribution in [0.25, 0.3) is 0 Å². The molecule has 27 heavy (non-hydrogen) atoms. The number of allylic oxidation sites excluding steroid dienone is 2. The van der Waals surface area contributed by atoms with Crippen LogP contribution in [0, 0.1) is 11.8 Å². The van der Waals surface area contributed by atoms with Gasteiger partial charge in [0.1, 0.15) is 5.75 Å². The van der Waals surface area contributed by atoms with Crippen molar-refractivity contribution in [2.45, 2.75) is 50.7 Å². The Morgan fingerprint density at radius 3 is 2.74 bits per heavy atom. The van der Waals surface area contributed by atoms with Crippen molar-refractivity contribution in [3.05, 3.63) is 42.5 Å². The quantitative estimate of drug-likeness (QED) is 0.411. The number of rotatable bonds is 12. The van der Waals surface area contributed by atoms with Crippen LogP contribution in [0.1, 0.15) is 38.5 Å². The number of carboxylic acid groups (broad SMARTS) is 1. The van der Waals surface area contributed by atoms with Gasteiger partial charge in [-0.25, -0.2) is 0 Å². The van der Waals surface area contributed by atoms with Gasteiger partial charge in [0, 0.05) is 12.2 Å². The molecule has 0 saturated carbocycles. The summed E-state index contributed by atoms with van der Waals surface area (Å²) in [5, 5.41) is 8.68. The average molecular weight is 391 g/mol. The molecule has 4 nitrogen and oxygen atoms in total. The third-order valence-corrected chi connectivity index (χ3v) is 6.55. The Balaban J connectivity index is 1.35. The summed E-state index contributed by atoms with van der Waals surface area (Å²) in [5.74, 6) is 3.61. The van der Waals surface area contributed by atoms with Crippen LogP contribution in [0.15, 0.2) is 42.5 Å². The normalized spacial score (nSPS) is 26.7. The monoisotopic (exact) mass is 390 g/mol. The van der Waals surface area contributed by atoms with Crippen LogP contribution >= 0.6 is 11.8 Å². The molecule has 0 aromatic heterocycles. The Morgan fingerprint density at radius 2 is 1.96 bits per heavy atom. The van der Waals surface area contributed by atoms with Gasteiger partial charge in [-0.2, -0.15) is 11.8 Å². The molecule has 1 aromatic carbocycles. The van der Waals surface area contributed by atoms with Crippen LogP contribution in [0.2, 0.25) is 0 Å². The minimum absolute atomic E-state index is 0.256. The maximum absolute atomic E-state index is 10.5. The Hall–Kier alpha value is -1.46. The highest BCUT2D eigenvalue weighted by Gasteiger charge is 2.47. The Labute approximate surface area is 166 Å². The highest BCUT2D eigenvalue weighted by Crippen LogP contribution is 2.46. The standard InChI is InChI=1S/C22H30O4S/c23-22(24)11-7-2-1-6-10-18-19(21-13-12-20(18)26-21)16-27-15-14-25-17-8-4-3-5-9-17/h1,3-6,8-9,18-21H,2,7,10-16H2,(H,23,24)/t18-,19-,20-,21+/m1/s1. The fourth-order valence-corrected chi connectivity index (χ4v) is 5.23. The summed E-state index contributed by atoms with van der Waals surface area (Å²) in [6, 6.07) is 9.97. The van der Waals surface area contributed by atoms with E-state index in [0.29, 0.717) is 24.0 Å². The van der Waals surface area contributed by atoms with Gasteiger partial charge in [0.2, 0.25) is 0 Å². The van der Waals surface area contributed by atoms with E-state index < -0.39 is 5.97 Å². The van der Waals surface area contributed by atoms with Crippen molar-refractivity contribution >= 4 is 17.7 Å². The molecule has 0 spiro atoms. The lowest BCUT2D eigenvalue weighted by Crippen LogP contribution is -2.28. The molecule has 1 aromatic rings. The van der Waals surface area contributed by atoms with Gasteiger partial charge < -0.3 is 14.6 Å². The third-order valence-electron chi connectivity index (χ3n) is 5.48. The first kappa shape index (κ1) is 20.3. The smallest absolute Gasteiger partial charge is 0.303 e. The molecule has 2 heterocycles. The molecule has 0 unspecified atom stereocenters. The molecular weight excluding hydrogens is 360 g/mol. The van der Waals surface area contributed by atoms with Gasteiger partial charge in [0.25, 0.3) is 0 Å². The number of para-hydroxylation sites is 1. The van der Waals surface area contributed by atoms with Crippen molar-refractivity contribution in [2.75, 3.05) is 18.1 Å². The van der Waals surface area contributed by atoms with Gasteiger partial charge in [-0.1, -0.05) is 30.4 Å². The van der Waals surface area contributed by atoms with E-state index in [0.717, 1.165) is 43.1 Å². The van der Waals surface area contributed by atoms with E-state index in [-0.39, 0.29) is 6.42 Å². The molecule has 5 heteroatoms. The molecule has 2 saturated heterocycles. The first-order chi connectivity index (χ1) is 13.2. The van der Waals surface area contributed by atoms with Gasteiger partial charge in [0.15, 0.2) is 0 Å². The molecule has 0 aliphatic carbocycles. The minimum Gasteiger partial charge on any atom is -0.493 e. The van der Waals surface area contributed by atoms with Gasteiger partial charge >= 0.3 is 5.97 Å². The largest absolute Gasteiger partial charge is 0.493 e. The molecular formula is C22H30O4S. The predicted molar refractivity (Wildman–Crippen MR) is 109 cm³/mol. The number of fused-ring (bicyclic) bond motifs is 2. The maximum atomic E-state index is 10.5. The van der Waals surface area contributed by atoms with E-state index in [4.69, 9.17) is 14.6 Å². The lowest BCUT2D eigenvalue weighted by Gasteiger charge is -2.27. The van der Waals surface area contributed by atoms with Gasteiger partial charge in [-0.3, -0.25) is 4.79 Å². The molecule has 0 amide bonds. The van der Waals surface area contributed by atoms with Gasteiger partial charge in [-0.15, -0.1) is 0 Å². The fraction of sp³-hybridized carbons (Fsp3) is 0.591. The maximum Gasteiger partial charge on any atom is 0.303 e. The third kappa shape index (κ3) is 6.28. The molecule has 0 radical (unpaired) electrons. The van der Waals surface area contributed by atoms with E-state index in [1.54, 1.807) is 0 Å². The number of benzene rings is 1. The molecule has 2 bridgehead atoms. The summed E-state index contributed by atoms with van der Waals surface area (Å²) in [6.45, 7) is 0.741. The van der Waals surface area contributed by atoms with Crippen LogP contribution < -0.4 is 4.74 Å². The summed E-state index contributed by atoms with van der Waals surface area (Å²) in [7, 11) is 0. The molecule has 1 N–H and O–H groups in total. The zero-order valence-electron chi connectivity index (χ0n) is 15.8. The molecule has 3 rings (SSSR count). The first-order valence-electron chi connectivity index (χ1n) is 10.0. The number of aliphatic carboxylic acids is 1. The number of carboxylic acids is 1. The SMILES string of the molecule is O=C(O)CCCC=CC[C@@H]1[C@@H](CSCCOc2ccccc2)[C@@H]2CC[C@H]1O2.